The molecule has 0 saturated carbocycles. The van der Waals surface area contributed by atoms with Gasteiger partial charge < -0.3 is 24.0 Å². The molecule has 0 N–H and O–H groups in total. The molecule has 1 unspecified atom stereocenters. The Morgan fingerprint density at radius 3 is 2.03 bits per heavy atom. The van der Waals surface area contributed by atoms with E-state index in [9.17, 15) is 14.4 Å². The molecule has 2 aliphatic rings. The number of carbonyl (C=O) groups excluding carboxylic acids is 3. The normalized spacial score (nSPS) is 18.5. The van der Waals surface area contributed by atoms with Gasteiger partial charge >= 0.3 is 0 Å². The SMILES string of the molecule is COc1cc(N2CC(C(=O)N3CCC(C(=O)c4ccc(C)cc4)CC3)CC2=O)cc(OC)c1OC. The lowest BCUT2D eigenvalue weighted by molar-refractivity contribution is -0.137. The second-order valence-corrected chi connectivity index (χ2v) is 9.12. The van der Waals surface area contributed by atoms with Crippen LogP contribution in [0.25, 0.3) is 0 Å². The van der Waals surface area contributed by atoms with E-state index in [0.29, 0.717) is 55.4 Å². The van der Waals surface area contributed by atoms with E-state index in [1.165, 1.54) is 21.3 Å². The highest BCUT2D eigenvalue weighted by Gasteiger charge is 2.39. The first kappa shape index (κ1) is 24.6. The van der Waals surface area contributed by atoms with Crippen molar-refractivity contribution in [2.45, 2.75) is 26.2 Å². The summed E-state index contributed by atoms with van der Waals surface area (Å²) in [4.78, 5) is 42.3. The maximum Gasteiger partial charge on any atom is 0.228 e. The summed E-state index contributed by atoms with van der Waals surface area (Å²) in [6.45, 7) is 3.33. The molecule has 2 aromatic rings. The van der Waals surface area contributed by atoms with Gasteiger partial charge in [0.05, 0.1) is 32.9 Å². The minimum Gasteiger partial charge on any atom is -0.493 e. The van der Waals surface area contributed by atoms with E-state index in [1.807, 2.05) is 31.2 Å². The number of hydrogen-bond donors (Lipinski definition) is 0. The van der Waals surface area contributed by atoms with Crippen LogP contribution in [-0.4, -0.2) is 63.5 Å². The molecule has 2 aliphatic heterocycles. The van der Waals surface area contributed by atoms with Gasteiger partial charge in [-0.1, -0.05) is 29.8 Å². The van der Waals surface area contributed by atoms with Gasteiger partial charge in [0, 0.05) is 49.7 Å². The van der Waals surface area contributed by atoms with Gasteiger partial charge in [-0.3, -0.25) is 14.4 Å². The van der Waals surface area contributed by atoms with E-state index in [1.54, 1.807) is 21.9 Å². The number of amides is 2. The second-order valence-electron chi connectivity index (χ2n) is 9.12. The summed E-state index contributed by atoms with van der Waals surface area (Å²) in [6.07, 6.45) is 1.42. The van der Waals surface area contributed by atoms with Crippen molar-refractivity contribution in [3.63, 3.8) is 0 Å². The lowest BCUT2D eigenvalue weighted by atomic mass is 9.88. The van der Waals surface area contributed by atoms with Crippen molar-refractivity contribution in [2.75, 3.05) is 45.9 Å². The molecule has 8 heteroatoms. The first-order valence-electron chi connectivity index (χ1n) is 11.9. The van der Waals surface area contributed by atoms with Gasteiger partial charge in [0.2, 0.25) is 17.6 Å². The number of carbonyl (C=O) groups is 3. The zero-order chi connectivity index (χ0) is 25.1. The van der Waals surface area contributed by atoms with Gasteiger partial charge in [-0.15, -0.1) is 0 Å². The van der Waals surface area contributed by atoms with Crippen LogP contribution in [0, 0.1) is 18.8 Å². The molecular weight excluding hydrogens is 448 g/mol. The van der Waals surface area contributed by atoms with E-state index >= 15 is 0 Å². The molecule has 35 heavy (non-hydrogen) atoms. The molecule has 186 valence electrons. The standard InChI is InChI=1S/C27H32N2O6/c1-17-5-7-18(8-6-17)25(31)19-9-11-28(12-10-19)27(32)20-13-24(30)29(16-20)21-14-22(33-2)26(35-4)23(15-21)34-3/h5-8,14-15,19-20H,9-13,16H2,1-4H3. The van der Waals surface area contributed by atoms with Crippen molar-refractivity contribution in [2.24, 2.45) is 11.8 Å². The fourth-order valence-electron chi connectivity index (χ4n) is 4.92. The average Bonchev–Trinajstić information content (AvgIpc) is 3.28. The van der Waals surface area contributed by atoms with Crippen LogP contribution in [0.2, 0.25) is 0 Å². The molecule has 2 saturated heterocycles. The molecule has 0 bridgehead atoms. The van der Waals surface area contributed by atoms with Gasteiger partial charge in [0.1, 0.15) is 0 Å². The maximum atomic E-state index is 13.2. The van der Waals surface area contributed by atoms with Gasteiger partial charge in [0.15, 0.2) is 17.3 Å². The number of Topliss-reactive ketones (excluding diaryl/α,β-unsaturated/α-hetero) is 1. The Morgan fingerprint density at radius 2 is 1.49 bits per heavy atom. The molecule has 2 heterocycles. The third kappa shape index (κ3) is 4.97. The van der Waals surface area contributed by atoms with Gasteiger partial charge in [-0.05, 0) is 19.8 Å². The van der Waals surface area contributed by atoms with Crippen LogP contribution in [0.5, 0.6) is 17.2 Å². The van der Waals surface area contributed by atoms with E-state index in [2.05, 4.69) is 0 Å². The van der Waals surface area contributed by atoms with Crippen LogP contribution >= 0.6 is 0 Å². The van der Waals surface area contributed by atoms with Crippen molar-refractivity contribution in [3.05, 3.63) is 47.5 Å². The summed E-state index contributed by atoms with van der Waals surface area (Å²) < 4.78 is 16.2. The Balaban J connectivity index is 1.40. The van der Waals surface area contributed by atoms with Crippen LogP contribution in [0.4, 0.5) is 5.69 Å². The lowest BCUT2D eigenvalue weighted by Gasteiger charge is -2.33. The summed E-state index contributed by atoms with van der Waals surface area (Å²) in [5.41, 5.74) is 2.44. The summed E-state index contributed by atoms with van der Waals surface area (Å²) in [7, 11) is 4.56. The van der Waals surface area contributed by atoms with Crippen LogP contribution in [0.1, 0.15) is 35.2 Å². The molecule has 4 rings (SSSR count). The number of likely N-dealkylation sites (tertiary alicyclic amines) is 1. The van der Waals surface area contributed by atoms with Crippen LogP contribution in [0.15, 0.2) is 36.4 Å². The number of piperidine rings is 1. The maximum absolute atomic E-state index is 13.2. The number of aryl methyl sites for hydroxylation is 1. The highest BCUT2D eigenvalue weighted by atomic mass is 16.5. The van der Waals surface area contributed by atoms with Crippen molar-refractivity contribution in [1.82, 2.24) is 4.90 Å². The zero-order valence-electron chi connectivity index (χ0n) is 20.7. The number of anilines is 1. The largest absolute Gasteiger partial charge is 0.493 e. The first-order valence-corrected chi connectivity index (χ1v) is 11.9. The average molecular weight is 481 g/mol. The van der Waals surface area contributed by atoms with E-state index in [0.717, 1.165) is 11.1 Å². The van der Waals surface area contributed by atoms with Crippen LogP contribution in [-0.2, 0) is 9.59 Å². The van der Waals surface area contributed by atoms with E-state index in [-0.39, 0.29) is 29.9 Å². The quantitative estimate of drug-likeness (QED) is 0.564. The van der Waals surface area contributed by atoms with Crippen molar-refractivity contribution in [1.29, 1.82) is 0 Å². The number of ether oxygens (including phenoxy) is 3. The van der Waals surface area contributed by atoms with E-state index < -0.39 is 5.92 Å². The molecule has 1 atom stereocenters. The summed E-state index contributed by atoms with van der Waals surface area (Å²) in [5.74, 6) is 0.822. The van der Waals surface area contributed by atoms with Crippen LogP contribution in [0.3, 0.4) is 0 Å². The Labute approximate surface area is 205 Å². The van der Waals surface area contributed by atoms with Gasteiger partial charge in [-0.25, -0.2) is 0 Å². The molecule has 2 aromatic carbocycles. The lowest BCUT2D eigenvalue weighted by Crippen LogP contribution is -2.43. The number of rotatable bonds is 7. The zero-order valence-corrected chi connectivity index (χ0v) is 20.7. The van der Waals surface area contributed by atoms with Crippen molar-refractivity contribution >= 4 is 23.3 Å². The monoisotopic (exact) mass is 480 g/mol. The minimum atomic E-state index is -0.425. The fourth-order valence-corrected chi connectivity index (χ4v) is 4.92. The van der Waals surface area contributed by atoms with Crippen molar-refractivity contribution in [3.8, 4) is 17.2 Å². The predicted molar refractivity (Wildman–Crippen MR) is 131 cm³/mol. The highest BCUT2D eigenvalue weighted by molar-refractivity contribution is 6.01. The summed E-state index contributed by atoms with van der Waals surface area (Å²) in [6, 6.07) is 11.1. The summed E-state index contributed by atoms with van der Waals surface area (Å²) >= 11 is 0. The van der Waals surface area contributed by atoms with Gasteiger partial charge in [0.25, 0.3) is 0 Å². The molecule has 0 spiro atoms. The van der Waals surface area contributed by atoms with Crippen molar-refractivity contribution < 1.29 is 28.6 Å². The Kier molecular flexibility index (Phi) is 7.28. The molecular formula is C27H32N2O6. The van der Waals surface area contributed by atoms with Crippen LogP contribution < -0.4 is 19.1 Å². The number of methoxy groups -OCH3 is 3. The molecule has 0 aliphatic carbocycles. The second kappa shape index (κ2) is 10.4. The van der Waals surface area contributed by atoms with Gasteiger partial charge in [-0.2, -0.15) is 0 Å². The number of benzene rings is 2. The fraction of sp³-hybridized carbons (Fsp3) is 0.444. The highest BCUT2D eigenvalue weighted by Crippen LogP contribution is 2.42. The summed E-state index contributed by atoms with van der Waals surface area (Å²) in [5, 5.41) is 0. The Hall–Kier alpha value is -3.55. The Bertz CT molecular complexity index is 1080. The Morgan fingerprint density at radius 1 is 0.886 bits per heavy atom. The number of hydrogen-bond acceptors (Lipinski definition) is 6. The topological polar surface area (TPSA) is 85.4 Å². The number of ketones is 1. The molecule has 2 amide bonds. The molecule has 2 fully saturated rings. The number of nitrogens with zero attached hydrogens (tertiary/aromatic N) is 2. The minimum absolute atomic E-state index is 0.0328. The molecule has 0 aromatic heterocycles. The first-order chi connectivity index (χ1) is 16.9. The van der Waals surface area contributed by atoms with E-state index in [4.69, 9.17) is 14.2 Å². The molecule has 0 radical (unpaired) electrons. The third-order valence-electron chi connectivity index (χ3n) is 6.95. The smallest absolute Gasteiger partial charge is 0.228 e. The molecule has 8 nitrogen and oxygen atoms in total. The predicted octanol–water partition coefficient (Wildman–Crippen LogP) is 3.50. The third-order valence-corrected chi connectivity index (χ3v) is 6.95.